The monoisotopic (exact) mass is 309 g/mol. The van der Waals surface area contributed by atoms with Crippen molar-refractivity contribution in [1.29, 1.82) is 0 Å². The lowest BCUT2D eigenvalue weighted by Crippen LogP contribution is -2.31. The van der Waals surface area contributed by atoms with Crippen LogP contribution in [-0.4, -0.2) is 25.0 Å². The fraction of sp³-hybridized carbons (Fsp3) is 0.529. The van der Waals surface area contributed by atoms with Crippen LogP contribution < -0.4 is 5.32 Å². The van der Waals surface area contributed by atoms with E-state index in [0.717, 1.165) is 24.8 Å². The predicted octanol–water partition coefficient (Wildman–Crippen LogP) is 2.85. The second-order valence-corrected chi connectivity index (χ2v) is 5.40. The number of esters is 1. The van der Waals surface area contributed by atoms with Crippen LogP contribution in [0.1, 0.15) is 38.7 Å². The average molecular weight is 309 g/mol. The number of amides is 1. The molecular formula is C17H24FNO3. The molecule has 1 N–H and O–H groups in total. The molecule has 1 aromatic rings. The van der Waals surface area contributed by atoms with Crippen LogP contribution in [0.4, 0.5) is 4.39 Å². The lowest BCUT2D eigenvalue weighted by Gasteiger charge is -2.11. The highest BCUT2D eigenvalue weighted by atomic mass is 19.1. The first kappa shape index (κ1) is 18.1. The molecule has 0 radical (unpaired) electrons. The Morgan fingerprint density at radius 1 is 1.32 bits per heavy atom. The van der Waals surface area contributed by atoms with Crippen molar-refractivity contribution in [2.75, 3.05) is 13.2 Å². The van der Waals surface area contributed by atoms with Gasteiger partial charge in [0.05, 0.1) is 5.92 Å². The lowest BCUT2D eigenvalue weighted by molar-refractivity contribution is -0.152. The quantitative estimate of drug-likeness (QED) is 0.564. The summed E-state index contributed by atoms with van der Waals surface area (Å²) in [5.74, 6) is -1.49. The molecule has 5 heteroatoms. The molecule has 1 rings (SSSR count). The van der Waals surface area contributed by atoms with Crippen molar-refractivity contribution in [3.63, 3.8) is 0 Å². The van der Waals surface area contributed by atoms with Crippen molar-refractivity contribution in [2.45, 2.75) is 39.5 Å². The Hall–Kier alpha value is -1.91. The highest BCUT2D eigenvalue weighted by Crippen LogP contribution is 2.11. The van der Waals surface area contributed by atoms with E-state index in [4.69, 9.17) is 4.74 Å². The van der Waals surface area contributed by atoms with Crippen LogP contribution in [0.25, 0.3) is 0 Å². The van der Waals surface area contributed by atoms with Gasteiger partial charge >= 0.3 is 5.97 Å². The van der Waals surface area contributed by atoms with Gasteiger partial charge in [0.25, 0.3) is 5.91 Å². The topological polar surface area (TPSA) is 55.4 Å². The number of rotatable bonds is 9. The van der Waals surface area contributed by atoms with Crippen molar-refractivity contribution >= 4 is 11.9 Å². The largest absolute Gasteiger partial charge is 0.455 e. The number of nitrogens with one attached hydrogen (secondary N) is 1. The van der Waals surface area contributed by atoms with Crippen LogP contribution in [0.15, 0.2) is 24.3 Å². The minimum atomic E-state index is -0.451. The summed E-state index contributed by atoms with van der Waals surface area (Å²) in [4.78, 5) is 23.3. The van der Waals surface area contributed by atoms with Gasteiger partial charge in [0.1, 0.15) is 5.82 Å². The summed E-state index contributed by atoms with van der Waals surface area (Å²) in [5.41, 5.74) is 0.730. The van der Waals surface area contributed by atoms with Crippen molar-refractivity contribution in [1.82, 2.24) is 5.32 Å². The number of halogens is 1. The molecule has 0 spiro atoms. The second-order valence-electron chi connectivity index (χ2n) is 5.40. The molecule has 0 aromatic heterocycles. The first-order valence-electron chi connectivity index (χ1n) is 7.70. The number of ether oxygens (including phenoxy) is 1. The predicted molar refractivity (Wildman–Crippen MR) is 82.8 cm³/mol. The molecule has 0 heterocycles. The molecule has 0 bridgehead atoms. The summed E-state index contributed by atoms with van der Waals surface area (Å²) in [6.45, 7) is 4.12. The van der Waals surface area contributed by atoms with E-state index in [1.54, 1.807) is 19.1 Å². The molecule has 0 aliphatic heterocycles. The molecule has 0 aliphatic carbocycles. The van der Waals surface area contributed by atoms with Gasteiger partial charge in [0.2, 0.25) is 0 Å². The zero-order chi connectivity index (χ0) is 16.4. The molecular weight excluding hydrogens is 285 g/mol. The number of hydrogen-bond donors (Lipinski definition) is 1. The average Bonchev–Trinajstić information content (AvgIpc) is 2.49. The van der Waals surface area contributed by atoms with Gasteiger partial charge in [0.15, 0.2) is 6.61 Å². The SMILES string of the molecule is CCCCCNC(=O)COC(=O)C(C)Cc1cccc(F)c1. The van der Waals surface area contributed by atoms with Crippen molar-refractivity contribution in [3.05, 3.63) is 35.6 Å². The van der Waals surface area contributed by atoms with Crippen LogP contribution in [0.5, 0.6) is 0 Å². The summed E-state index contributed by atoms with van der Waals surface area (Å²) in [6.07, 6.45) is 3.45. The van der Waals surface area contributed by atoms with Gasteiger partial charge in [-0.05, 0) is 30.5 Å². The number of unbranched alkanes of at least 4 members (excludes halogenated alkanes) is 2. The summed E-state index contributed by atoms with van der Waals surface area (Å²) in [5, 5.41) is 2.70. The molecule has 0 fully saturated rings. The zero-order valence-corrected chi connectivity index (χ0v) is 13.2. The normalized spacial score (nSPS) is 11.8. The lowest BCUT2D eigenvalue weighted by atomic mass is 10.0. The van der Waals surface area contributed by atoms with Crippen molar-refractivity contribution in [3.8, 4) is 0 Å². The standard InChI is InChI=1S/C17H24FNO3/c1-3-4-5-9-19-16(20)12-22-17(21)13(2)10-14-7-6-8-15(18)11-14/h6-8,11,13H,3-5,9-10,12H2,1-2H3,(H,19,20). The van der Waals surface area contributed by atoms with E-state index in [2.05, 4.69) is 12.2 Å². The van der Waals surface area contributed by atoms with Crippen LogP contribution in [0.2, 0.25) is 0 Å². The third kappa shape index (κ3) is 7.20. The molecule has 1 aromatic carbocycles. The number of carbonyl (C=O) groups is 2. The fourth-order valence-electron chi connectivity index (χ4n) is 2.03. The Morgan fingerprint density at radius 3 is 2.77 bits per heavy atom. The number of benzene rings is 1. The molecule has 4 nitrogen and oxygen atoms in total. The maximum Gasteiger partial charge on any atom is 0.309 e. The molecule has 0 saturated carbocycles. The molecule has 1 amide bonds. The Labute approximate surface area is 131 Å². The van der Waals surface area contributed by atoms with Gasteiger partial charge in [-0.15, -0.1) is 0 Å². The maximum absolute atomic E-state index is 13.1. The third-order valence-corrected chi connectivity index (χ3v) is 3.28. The van der Waals surface area contributed by atoms with Gasteiger partial charge < -0.3 is 10.1 Å². The summed E-state index contributed by atoms with van der Waals surface area (Å²) in [6, 6.07) is 6.11. The fourth-order valence-corrected chi connectivity index (χ4v) is 2.03. The molecule has 0 aliphatic rings. The van der Waals surface area contributed by atoms with E-state index < -0.39 is 11.9 Å². The summed E-state index contributed by atoms with van der Waals surface area (Å²) in [7, 11) is 0. The second kappa shape index (κ2) is 9.92. The van der Waals surface area contributed by atoms with Crippen LogP contribution in [-0.2, 0) is 20.7 Å². The van der Waals surface area contributed by atoms with E-state index in [1.165, 1.54) is 12.1 Å². The first-order valence-corrected chi connectivity index (χ1v) is 7.70. The third-order valence-electron chi connectivity index (χ3n) is 3.28. The Kier molecular flexibility index (Phi) is 8.18. The van der Waals surface area contributed by atoms with Crippen molar-refractivity contribution < 1.29 is 18.7 Å². The van der Waals surface area contributed by atoms with E-state index in [0.29, 0.717) is 13.0 Å². The summed E-state index contributed by atoms with van der Waals surface area (Å²) >= 11 is 0. The smallest absolute Gasteiger partial charge is 0.309 e. The van der Waals surface area contributed by atoms with Gasteiger partial charge in [-0.1, -0.05) is 38.8 Å². The minimum Gasteiger partial charge on any atom is -0.455 e. The molecule has 1 atom stereocenters. The zero-order valence-electron chi connectivity index (χ0n) is 13.2. The van der Waals surface area contributed by atoms with Gasteiger partial charge in [-0.2, -0.15) is 0 Å². The van der Waals surface area contributed by atoms with Gasteiger partial charge in [-0.25, -0.2) is 4.39 Å². The van der Waals surface area contributed by atoms with E-state index in [9.17, 15) is 14.0 Å². The molecule has 0 saturated heterocycles. The highest BCUT2D eigenvalue weighted by molar-refractivity contribution is 5.81. The van der Waals surface area contributed by atoms with E-state index in [1.807, 2.05) is 0 Å². The number of hydrogen-bond acceptors (Lipinski definition) is 3. The first-order chi connectivity index (χ1) is 10.5. The highest BCUT2D eigenvalue weighted by Gasteiger charge is 2.16. The van der Waals surface area contributed by atoms with Crippen LogP contribution in [0, 0.1) is 11.7 Å². The minimum absolute atomic E-state index is 0.265. The Balaban J connectivity index is 2.27. The van der Waals surface area contributed by atoms with Gasteiger partial charge in [0, 0.05) is 6.54 Å². The van der Waals surface area contributed by atoms with Crippen molar-refractivity contribution in [2.24, 2.45) is 5.92 Å². The summed E-state index contributed by atoms with van der Waals surface area (Å²) < 4.78 is 18.1. The van der Waals surface area contributed by atoms with Crippen LogP contribution in [0.3, 0.4) is 0 Å². The maximum atomic E-state index is 13.1. The Morgan fingerprint density at radius 2 is 2.09 bits per heavy atom. The molecule has 1 unspecified atom stereocenters. The Bertz CT molecular complexity index is 491. The number of carbonyl (C=O) groups excluding carboxylic acids is 2. The molecule has 122 valence electrons. The van der Waals surface area contributed by atoms with E-state index in [-0.39, 0.29) is 18.3 Å². The van der Waals surface area contributed by atoms with Gasteiger partial charge in [-0.3, -0.25) is 9.59 Å². The van der Waals surface area contributed by atoms with E-state index >= 15 is 0 Å². The molecule has 22 heavy (non-hydrogen) atoms. The van der Waals surface area contributed by atoms with Crippen LogP contribution >= 0.6 is 0 Å².